The Hall–Kier alpha value is -0.520. The van der Waals surface area contributed by atoms with Gasteiger partial charge in [0.25, 0.3) is 0 Å². The Morgan fingerprint density at radius 2 is 2.22 bits per heavy atom. The second kappa shape index (κ2) is 7.81. The first-order chi connectivity index (χ1) is 8.52. The summed E-state index contributed by atoms with van der Waals surface area (Å²) in [6.07, 6.45) is 2.79. The van der Waals surface area contributed by atoms with Gasteiger partial charge in [-0.25, -0.2) is 0 Å². The summed E-state index contributed by atoms with van der Waals surface area (Å²) in [4.78, 5) is 12.3. The number of hydrogen-bond donors (Lipinski definition) is 2. The van der Waals surface area contributed by atoms with E-state index in [9.17, 15) is 4.79 Å². The van der Waals surface area contributed by atoms with Crippen LogP contribution in [0.1, 0.15) is 25.1 Å². The van der Waals surface area contributed by atoms with Crippen molar-refractivity contribution in [1.29, 1.82) is 0 Å². The minimum absolute atomic E-state index is 0.287. The SMILES string of the molecule is CSc1ccc(CNCC(CC(C)C)C(=O)O)s1. The second-order valence-corrected chi connectivity index (χ2v) is 7.00. The Morgan fingerprint density at radius 1 is 1.50 bits per heavy atom. The molecule has 0 aliphatic heterocycles. The van der Waals surface area contributed by atoms with Crippen LogP contribution in [-0.2, 0) is 11.3 Å². The van der Waals surface area contributed by atoms with Crippen LogP contribution in [-0.4, -0.2) is 23.9 Å². The van der Waals surface area contributed by atoms with E-state index in [1.807, 2.05) is 0 Å². The van der Waals surface area contributed by atoms with E-state index in [1.54, 1.807) is 23.1 Å². The van der Waals surface area contributed by atoms with Gasteiger partial charge in [-0.15, -0.1) is 23.1 Å². The number of carboxylic acids is 1. The van der Waals surface area contributed by atoms with Gasteiger partial charge in [0.2, 0.25) is 0 Å². The van der Waals surface area contributed by atoms with E-state index < -0.39 is 5.97 Å². The summed E-state index contributed by atoms with van der Waals surface area (Å²) >= 11 is 3.50. The van der Waals surface area contributed by atoms with Crippen LogP contribution >= 0.6 is 23.1 Å². The smallest absolute Gasteiger partial charge is 0.307 e. The minimum atomic E-state index is -0.702. The van der Waals surface area contributed by atoms with Crippen molar-refractivity contribution >= 4 is 29.1 Å². The highest BCUT2D eigenvalue weighted by Crippen LogP contribution is 2.25. The van der Waals surface area contributed by atoms with Crippen molar-refractivity contribution in [3.8, 4) is 0 Å². The lowest BCUT2D eigenvalue weighted by Crippen LogP contribution is -2.29. The average molecular weight is 287 g/mol. The Balaban J connectivity index is 2.36. The summed E-state index contributed by atoms with van der Waals surface area (Å²) < 4.78 is 1.30. The molecule has 1 atom stereocenters. The van der Waals surface area contributed by atoms with Crippen LogP contribution in [0.2, 0.25) is 0 Å². The number of thioether (sulfide) groups is 1. The molecular weight excluding hydrogens is 266 g/mol. The summed E-state index contributed by atoms with van der Waals surface area (Å²) in [5.41, 5.74) is 0. The monoisotopic (exact) mass is 287 g/mol. The van der Waals surface area contributed by atoms with Gasteiger partial charge in [0.1, 0.15) is 0 Å². The normalized spacial score (nSPS) is 12.9. The molecule has 18 heavy (non-hydrogen) atoms. The van der Waals surface area contributed by atoms with Gasteiger partial charge in [-0.1, -0.05) is 13.8 Å². The highest BCUT2D eigenvalue weighted by molar-refractivity contribution is 8.00. The lowest BCUT2D eigenvalue weighted by molar-refractivity contribution is -0.142. The van der Waals surface area contributed by atoms with Crippen molar-refractivity contribution < 1.29 is 9.90 Å². The first-order valence-corrected chi connectivity index (χ1v) is 8.13. The van der Waals surface area contributed by atoms with Crippen LogP contribution in [0.5, 0.6) is 0 Å². The summed E-state index contributed by atoms with van der Waals surface area (Å²) in [6, 6.07) is 4.21. The second-order valence-electron chi connectivity index (χ2n) is 4.72. The molecule has 0 fully saturated rings. The fourth-order valence-corrected chi connectivity index (χ4v) is 3.34. The Kier molecular flexibility index (Phi) is 6.75. The molecule has 1 rings (SSSR count). The molecule has 102 valence electrons. The lowest BCUT2D eigenvalue weighted by Gasteiger charge is -2.15. The van der Waals surface area contributed by atoms with Gasteiger partial charge >= 0.3 is 5.97 Å². The van der Waals surface area contributed by atoms with Crippen LogP contribution in [0, 0.1) is 11.8 Å². The molecule has 0 aliphatic rings. The Labute approximate surface area is 117 Å². The van der Waals surface area contributed by atoms with Crippen LogP contribution in [0.25, 0.3) is 0 Å². The molecule has 3 nitrogen and oxygen atoms in total. The average Bonchev–Trinajstić information content (AvgIpc) is 2.75. The predicted molar refractivity (Wildman–Crippen MR) is 78.4 cm³/mol. The zero-order valence-corrected chi connectivity index (χ0v) is 12.7. The van der Waals surface area contributed by atoms with E-state index in [1.165, 1.54) is 9.09 Å². The van der Waals surface area contributed by atoms with E-state index in [2.05, 4.69) is 37.6 Å². The zero-order chi connectivity index (χ0) is 13.5. The zero-order valence-electron chi connectivity index (χ0n) is 11.1. The fourth-order valence-electron chi connectivity index (χ4n) is 1.77. The lowest BCUT2D eigenvalue weighted by atomic mass is 9.97. The van der Waals surface area contributed by atoms with Crippen molar-refractivity contribution in [3.63, 3.8) is 0 Å². The van der Waals surface area contributed by atoms with Gasteiger partial charge in [-0.2, -0.15) is 0 Å². The largest absolute Gasteiger partial charge is 0.481 e. The number of carboxylic acid groups (broad SMARTS) is 1. The Morgan fingerprint density at radius 3 is 2.72 bits per heavy atom. The van der Waals surface area contributed by atoms with Gasteiger partial charge in [0.15, 0.2) is 0 Å². The molecule has 0 radical (unpaired) electrons. The minimum Gasteiger partial charge on any atom is -0.481 e. The van der Waals surface area contributed by atoms with Crippen molar-refractivity contribution in [2.24, 2.45) is 11.8 Å². The molecule has 0 aromatic carbocycles. The molecule has 0 saturated heterocycles. The summed E-state index contributed by atoms with van der Waals surface area (Å²) in [7, 11) is 0. The summed E-state index contributed by atoms with van der Waals surface area (Å²) in [6.45, 7) is 5.41. The number of rotatable bonds is 8. The molecule has 1 heterocycles. The predicted octanol–water partition coefficient (Wildman–Crippen LogP) is 3.31. The summed E-state index contributed by atoms with van der Waals surface area (Å²) in [5, 5.41) is 12.4. The van der Waals surface area contributed by atoms with Crippen LogP contribution in [0.4, 0.5) is 0 Å². The van der Waals surface area contributed by atoms with Crippen molar-refractivity contribution in [2.75, 3.05) is 12.8 Å². The van der Waals surface area contributed by atoms with Gasteiger partial charge in [0.05, 0.1) is 10.1 Å². The quantitative estimate of drug-likeness (QED) is 0.720. The molecule has 1 unspecified atom stereocenters. The van der Waals surface area contributed by atoms with E-state index >= 15 is 0 Å². The molecule has 2 N–H and O–H groups in total. The first kappa shape index (κ1) is 15.5. The molecule has 0 amide bonds. The number of carbonyl (C=O) groups is 1. The number of aliphatic carboxylic acids is 1. The number of nitrogens with one attached hydrogen (secondary N) is 1. The summed E-state index contributed by atoms with van der Waals surface area (Å²) in [5.74, 6) is -0.574. The van der Waals surface area contributed by atoms with Gasteiger partial charge in [-0.3, -0.25) is 4.79 Å². The third kappa shape index (κ3) is 5.42. The third-order valence-corrected chi connectivity index (χ3v) is 4.80. The standard InChI is InChI=1S/C13H21NO2S2/c1-9(2)6-10(13(15)16)7-14-8-11-4-5-12(17-3)18-11/h4-5,9-10,14H,6-8H2,1-3H3,(H,15,16). The third-order valence-electron chi connectivity index (χ3n) is 2.63. The van der Waals surface area contributed by atoms with E-state index in [4.69, 9.17) is 5.11 Å². The molecule has 0 saturated carbocycles. The van der Waals surface area contributed by atoms with Crippen molar-refractivity contribution in [1.82, 2.24) is 5.32 Å². The highest BCUT2D eigenvalue weighted by Gasteiger charge is 2.18. The van der Waals surface area contributed by atoms with Crippen LogP contribution < -0.4 is 5.32 Å². The van der Waals surface area contributed by atoms with Crippen molar-refractivity contribution in [3.05, 3.63) is 17.0 Å². The maximum Gasteiger partial charge on any atom is 0.307 e. The molecule has 0 spiro atoms. The van der Waals surface area contributed by atoms with E-state index in [0.29, 0.717) is 12.5 Å². The maximum atomic E-state index is 11.1. The van der Waals surface area contributed by atoms with Crippen molar-refractivity contribution in [2.45, 2.75) is 31.0 Å². The molecule has 0 bridgehead atoms. The maximum absolute atomic E-state index is 11.1. The van der Waals surface area contributed by atoms with Crippen LogP contribution in [0.3, 0.4) is 0 Å². The number of hydrogen-bond acceptors (Lipinski definition) is 4. The topological polar surface area (TPSA) is 49.3 Å². The van der Waals surface area contributed by atoms with Gasteiger partial charge < -0.3 is 10.4 Å². The van der Waals surface area contributed by atoms with E-state index in [0.717, 1.165) is 13.0 Å². The molecular formula is C13H21NO2S2. The van der Waals surface area contributed by atoms with E-state index in [-0.39, 0.29) is 5.92 Å². The first-order valence-electron chi connectivity index (χ1n) is 6.09. The van der Waals surface area contributed by atoms with Gasteiger partial charge in [-0.05, 0) is 30.7 Å². The fraction of sp³-hybridized carbons (Fsp3) is 0.615. The molecule has 0 aliphatic carbocycles. The highest BCUT2D eigenvalue weighted by atomic mass is 32.2. The molecule has 1 aromatic rings. The van der Waals surface area contributed by atoms with Gasteiger partial charge in [0, 0.05) is 18.0 Å². The Bertz CT molecular complexity index is 377. The number of thiophene rings is 1. The molecule has 1 aromatic heterocycles. The van der Waals surface area contributed by atoms with Crippen LogP contribution in [0.15, 0.2) is 16.3 Å². The molecule has 5 heteroatoms.